The molecule has 0 saturated carbocycles. The molecule has 0 radical (unpaired) electrons. The molecule has 0 spiro atoms. The highest BCUT2D eigenvalue weighted by molar-refractivity contribution is 8.14. The molecule has 1 aliphatic rings. The van der Waals surface area contributed by atoms with Gasteiger partial charge in [0, 0.05) is 29.6 Å². The van der Waals surface area contributed by atoms with Crippen molar-refractivity contribution in [1.82, 2.24) is 20.1 Å². The molecule has 8 nitrogen and oxygen atoms in total. The molecule has 5 rings (SSSR count). The fraction of sp³-hybridized carbons (Fsp3) is 0.353. The van der Waals surface area contributed by atoms with Gasteiger partial charge in [-0.1, -0.05) is 53.7 Å². The summed E-state index contributed by atoms with van der Waals surface area (Å²) in [5.74, 6) is 1.14. The van der Waals surface area contributed by atoms with E-state index in [1.807, 2.05) is 31.2 Å². The van der Waals surface area contributed by atoms with Crippen molar-refractivity contribution in [2.24, 2.45) is 4.99 Å². The summed E-state index contributed by atoms with van der Waals surface area (Å²) in [6.45, 7) is 9.16. The molecule has 1 N–H and O–H groups in total. The van der Waals surface area contributed by atoms with Crippen molar-refractivity contribution in [3.63, 3.8) is 0 Å². The molecule has 1 aromatic heterocycles. The zero-order valence-electron chi connectivity index (χ0n) is 26.3. The van der Waals surface area contributed by atoms with E-state index in [-0.39, 0.29) is 17.8 Å². The highest BCUT2D eigenvalue weighted by Crippen LogP contribution is 2.32. The van der Waals surface area contributed by atoms with Crippen LogP contribution < -0.4 is 15.0 Å². The summed E-state index contributed by atoms with van der Waals surface area (Å²) in [5, 5.41) is 8.25. The molecule has 12 heteroatoms. The molecule has 0 bridgehead atoms. The normalized spacial score (nSPS) is 15.2. The van der Waals surface area contributed by atoms with E-state index in [2.05, 4.69) is 62.9 Å². The minimum atomic E-state index is -4.74. The van der Waals surface area contributed by atoms with Crippen LogP contribution in [0.4, 0.5) is 23.7 Å². The summed E-state index contributed by atoms with van der Waals surface area (Å²) in [7, 11) is 0. The van der Waals surface area contributed by atoms with Crippen LogP contribution in [0.15, 0.2) is 72.0 Å². The van der Waals surface area contributed by atoms with Gasteiger partial charge in [0.1, 0.15) is 12.1 Å². The lowest BCUT2D eigenvalue weighted by Gasteiger charge is -2.32. The summed E-state index contributed by atoms with van der Waals surface area (Å²) in [4.78, 5) is 23.9. The maximum atomic E-state index is 12.9. The minimum Gasteiger partial charge on any atom is -0.406 e. The number of halogens is 3. The lowest BCUT2D eigenvalue weighted by atomic mass is 10.0. The van der Waals surface area contributed by atoms with E-state index in [0.717, 1.165) is 60.0 Å². The Kier molecular flexibility index (Phi) is 10.4. The van der Waals surface area contributed by atoms with E-state index in [1.54, 1.807) is 11.8 Å². The third-order valence-electron chi connectivity index (χ3n) is 7.60. The van der Waals surface area contributed by atoms with Gasteiger partial charge in [-0.15, -0.1) is 18.3 Å². The highest BCUT2D eigenvalue weighted by Gasteiger charge is 2.31. The average Bonchev–Trinajstić information content (AvgIpc) is 3.48. The fourth-order valence-electron chi connectivity index (χ4n) is 5.61. The minimum absolute atomic E-state index is 0.0248. The molecule has 0 aliphatic carbocycles. The number of aryl methyl sites for hydroxylation is 4. The van der Waals surface area contributed by atoms with Gasteiger partial charge in [0.05, 0.1) is 5.69 Å². The van der Waals surface area contributed by atoms with Crippen LogP contribution in [-0.4, -0.2) is 50.7 Å². The van der Waals surface area contributed by atoms with E-state index in [0.29, 0.717) is 11.5 Å². The quantitative estimate of drug-likeness (QED) is 0.197. The Morgan fingerprint density at radius 3 is 2.43 bits per heavy atom. The Morgan fingerprint density at radius 2 is 1.76 bits per heavy atom. The number of alkyl halides is 3. The molecule has 46 heavy (non-hydrogen) atoms. The van der Waals surface area contributed by atoms with Gasteiger partial charge in [0.15, 0.2) is 11.0 Å². The molecule has 1 unspecified atom stereocenters. The molecule has 2 heterocycles. The van der Waals surface area contributed by atoms with Crippen LogP contribution in [-0.2, 0) is 6.42 Å². The maximum absolute atomic E-state index is 12.9. The zero-order valence-corrected chi connectivity index (χ0v) is 27.1. The molecule has 2 amide bonds. The van der Waals surface area contributed by atoms with Crippen LogP contribution in [0.3, 0.4) is 0 Å². The number of urea groups is 1. The van der Waals surface area contributed by atoms with Gasteiger partial charge in [0.2, 0.25) is 0 Å². The van der Waals surface area contributed by atoms with E-state index in [4.69, 9.17) is 0 Å². The number of anilines is 1. The topological polar surface area (TPSA) is 84.6 Å². The van der Waals surface area contributed by atoms with Crippen molar-refractivity contribution in [1.29, 1.82) is 0 Å². The van der Waals surface area contributed by atoms with E-state index in [1.165, 1.54) is 52.0 Å². The Hall–Kier alpha value is -4.32. The molecule has 4 aromatic rings. The summed E-state index contributed by atoms with van der Waals surface area (Å²) in [6, 6.07) is 17.4. The van der Waals surface area contributed by atoms with Crippen molar-refractivity contribution in [2.75, 3.05) is 17.2 Å². The first-order chi connectivity index (χ1) is 21.9. The van der Waals surface area contributed by atoms with Gasteiger partial charge in [-0.05, 0) is 94.3 Å². The molecule has 3 aromatic carbocycles. The first-order valence-corrected chi connectivity index (χ1v) is 16.2. The van der Waals surface area contributed by atoms with E-state index in [9.17, 15) is 18.0 Å². The second-order valence-electron chi connectivity index (χ2n) is 11.5. The number of benzene rings is 3. The van der Waals surface area contributed by atoms with Crippen LogP contribution in [0.2, 0.25) is 0 Å². The number of hydrogen-bond acceptors (Lipinski definition) is 5. The van der Waals surface area contributed by atoms with Crippen molar-refractivity contribution >= 4 is 28.6 Å². The van der Waals surface area contributed by atoms with Gasteiger partial charge in [-0.3, -0.25) is 0 Å². The monoisotopic (exact) mass is 650 g/mol. The summed E-state index contributed by atoms with van der Waals surface area (Å²) < 4.78 is 42.7. The van der Waals surface area contributed by atoms with Crippen LogP contribution in [0.5, 0.6) is 5.75 Å². The van der Waals surface area contributed by atoms with Gasteiger partial charge in [-0.25, -0.2) is 14.5 Å². The molecule has 1 saturated heterocycles. The van der Waals surface area contributed by atoms with Crippen LogP contribution in [0, 0.1) is 20.8 Å². The Bertz CT molecular complexity index is 1660. The van der Waals surface area contributed by atoms with E-state index < -0.39 is 6.36 Å². The highest BCUT2D eigenvalue weighted by atomic mass is 32.2. The number of aromatic nitrogens is 3. The van der Waals surface area contributed by atoms with E-state index >= 15 is 0 Å². The fourth-order valence-corrected chi connectivity index (χ4v) is 6.56. The van der Waals surface area contributed by atoms with Crippen LogP contribution in [0.25, 0.3) is 17.1 Å². The second kappa shape index (κ2) is 14.4. The molecule has 242 valence electrons. The smallest absolute Gasteiger partial charge is 0.406 e. The second-order valence-corrected chi connectivity index (χ2v) is 12.6. The number of thioether (sulfide) groups is 1. The van der Waals surface area contributed by atoms with Gasteiger partial charge in [0.25, 0.3) is 0 Å². The predicted octanol–water partition coefficient (Wildman–Crippen LogP) is 8.18. The number of nitrogens with one attached hydrogen (secondary N) is 1. The third kappa shape index (κ3) is 8.68. The first-order valence-electron chi connectivity index (χ1n) is 15.2. The maximum Gasteiger partial charge on any atom is 0.573 e. The first kappa shape index (κ1) is 33.1. The van der Waals surface area contributed by atoms with Gasteiger partial charge >= 0.3 is 12.4 Å². The van der Waals surface area contributed by atoms with Crippen LogP contribution in [0.1, 0.15) is 48.4 Å². The molecular formula is C34H37F3N6O2S. The van der Waals surface area contributed by atoms with Gasteiger partial charge < -0.3 is 15.0 Å². The SMILES string of the molecule is Cc1cc(C)c(N2CCCSC2=NC(=O)NC(C)CCCc2ccc(-c3ncn(-c4ccc(OC(F)(F)F)cc4)n3)cc2)c(C)c1. The van der Waals surface area contributed by atoms with Crippen molar-refractivity contribution in [2.45, 2.75) is 65.8 Å². The molecule has 1 fully saturated rings. The number of ether oxygens (including phenoxy) is 1. The lowest BCUT2D eigenvalue weighted by molar-refractivity contribution is -0.274. The summed E-state index contributed by atoms with van der Waals surface area (Å²) >= 11 is 1.63. The third-order valence-corrected chi connectivity index (χ3v) is 8.66. The van der Waals surface area contributed by atoms with Crippen molar-refractivity contribution < 1.29 is 22.7 Å². The van der Waals surface area contributed by atoms with Crippen molar-refractivity contribution in [3.8, 4) is 22.8 Å². The number of hydrogen-bond donors (Lipinski definition) is 1. The number of aliphatic imine (C=N–C) groups is 1. The number of amidine groups is 1. The Morgan fingerprint density at radius 1 is 1.07 bits per heavy atom. The average molecular weight is 651 g/mol. The number of amides is 2. The summed E-state index contributed by atoms with van der Waals surface area (Å²) in [5.41, 5.74) is 7.27. The number of carbonyl (C=O) groups is 1. The molecule has 1 atom stereocenters. The lowest BCUT2D eigenvalue weighted by Crippen LogP contribution is -2.38. The van der Waals surface area contributed by atoms with Crippen LogP contribution >= 0.6 is 11.8 Å². The summed E-state index contributed by atoms with van der Waals surface area (Å²) in [6.07, 6.45) is 0.356. The van der Waals surface area contributed by atoms with Crippen molar-refractivity contribution in [3.05, 3.63) is 89.2 Å². The Labute approximate surface area is 271 Å². The zero-order chi connectivity index (χ0) is 32.8. The predicted molar refractivity (Wildman–Crippen MR) is 177 cm³/mol. The Balaban J connectivity index is 1.11. The van der Waals surface area contributed by atoms with Gasteiger partial charge in [-0.2, -0.15) is 4.99 Å². The standard InChI is InChI=1S/C34H37F3N6O2S/c1-22-19-23(2)30(24(3)20-22)42-17-6-18-46-33(42)40-32(44)39-25(4)7-5-8-26-9-11-27(12-10-26)31-38-21-43(41-31)28-13-15-29(16-14-28)45-34(35,36)37/h9-16,19-21,25H,5-8,17-18H2,1-4H3,(H,39,44). The number of rotatable bonds is 9. The molecular weight excluding hydrogens is 613 g/mol. The largest absolute Gasteiger partial charge is 0.573 e. The molecule has 1 aliphatic heterocycles. The number of nitrogens with zero attached hydrogens (tertiary/aromatic N) is 5. The number of carbonyl (C=O) groups excluding carboxylic acids is 1.